The van der Waals surface area contributed by atoms with Crippen molar-refractivity contribution in [1.82, 2.24) is 5.32 Å². The van der Waals surface area contributed by atoms with E-state index in [2.05, 4.69) is 11.4 Å². The summed E-state index contributed by atoms with van der Waals surface area (Å²) in [6.07, 6.45) is 3.98. The molecule has 1 aliphatic heterocycles. The van der Waals surface area contributed by atoms with Gasteiger partial charge in [0.1, 0.15) is 11.9 Å². The Morgan fingerprint density at radius 2 is 1.85 bits per heavy atom. The summed E-state index contributed by atoms with van der Waals surface area (Å²) in [6, 6.07) is 15.4. The molecule has 0 aromatic heterocycles. The van der Waals surface area contributed by atoms with E-state index in [4.69, 9.17) is 4.74 Å². The van der Waals surface area contributed by atoms with E-state index in [9.17, 15) is 4.79 Å². The molecule has 0 aliphatic carbocycles. The van der Waals surface area contributed by atoms with Gasteiger partial charge in [0.05, 0.1) is 0 Å². The molecular formula is C17H15NO2. The van der Waals surface area contributed by atoms with E-state index in [0.29, 0.717) is 5.56 Å². The Bertz CT molecular complexity index is 659. The first kappa shape index (κ1) is 12.5. The molecule has 1 amide bonds. The molecule has 0 saturated heterocycles. The highest BCUT2D eigenvalue weighted by atomic mass is 16.5. The number of para-hydroxylation sites is 1. The zero-order chi connectivity index (χ0) is 13.9. The molecule has 1 atom stereocenters. The highest BCUT2D eigenvalue weighted by Gasteiger charge is 2.16. The average molecular weight is 265 g/mol. The topological polar surface area (TPSA) is 38.3 Å². The summed E-state index contributed by atoms with van der Waals surface area (Å²) in [6.45, 7) is 0. The van der Waals surface area contributed by atoms with Gasteiger partial charge in [0.25, 0.3) is 5.91 Å². The second-order valence-corrected chi connectivity index (χ2v) is 4.64. The van der Waals surface area contributed by atoms with Gasteiger partial charge in [-0.2, -0.15) is 0 Å². The van der Waals surface area contributed by atoms with Gasteiger partial charge in [-0.3, -0.25) is 4.79 Å². The zero-order valence-electron chi connectivity index (χ0n) is 11.2. The highest BCUT2D eigenvalue weighted by Crippen LogP contribution is 2.32. The Hall–Kier alpha value is -2.55. The van der Waals surface area contributed by atoms with Crippen LogP contribution in [0, 0.1) is 0 Å². The van der Waals surface area contributed by atoms with Crippen molar-refractivity contribution in [2.75, 3.05) is 7.05 Å². The van der Waals surface area contributed by atoms with Gasteiger partial charge < -0.3 is 10.1 Å². The van der Waals surface area contributed by atoms with Crippen molar-refractivity contribution in [2.24, 2.45) is 0 Å². The summed E-state index contributed by atoms with van der Waals surface area (Å²) in [5.41, 5.74) is 2.77. The van der Waals surface area contributed by atoms with Crippen LogP contribution in [-0.4, -0.2) is 13.0 Å². The molecule has 1 unspecified atom stereocenters. The number of carbonyl (C=O) groups excluding carboxylic acids is 1. The Labute approximate surface area is 117 Å². The van der Waals surface area contributed by atoms with Gasteiger partial charge in [0, 0.05) is 18.2 Å². The number of nitrogens with one attached hydrogen (secondary N) is 1. The van der Waals surface area contributed by atoms with Crippen molar-refractivity contribution < 1.29 is 9.53 Å². The van der Waals surface area contributed by atoms with Gasteiger partial charge in [-0.1, -0.05) is 36.4 Å². The van der Waals surface area contributed by atoms with Crippen LogP contribution in [0.2, 0.25) is 0 Å². The number of fused-ring (bicyclic) bond motifs is 1. The molecule has 2 aromatic rings. The van der Waals surface area contributed by atoms with E-state index in [-0.39, 0.29) is 12.0 Å². The van der Waals surface area contributed by atoms with Gasteiger partial charge in [-0.15, -0.1) is 0 Å². The Kier molecular flexibility index (Phi) is 3.25. The third-order valence-electron chi connectivity index (χ3n) is 3.35. The minimum Gasteiger partial charge on any atom is -0.481 e. The fourth-order valence-corrected chi connectivity index (χ4v) is 2.24. The first-order valence-electron chi connectivity index (χ1n) is 6.54. The minimum absolute atomic E-state index is 0.0815. The van der Waals surface area contributed by atoms with E-state index in [1.54, 1.807) is 7.05 Å². The maximum absolute atomic E-state index is 11.5. The molecule has 0 spiro atoms. The number of ether oxygens (including phenoxy) is 1. The van der Waals surface area contributed by atoms with Crippen molar-refractivity contribution in [2.45, 2.75) is 6.10 Å². The maximum Gasteiger partial charge on any atom is 0.251 e. The lowest BCUT2D eigenvalue weighted by Crippen LogP contribution is -2.17. The third kappa shape index (κ3) is 2.30. The minimum atomic E-state index is -0.108. The number of amides is 1. The molecule has 0 saturated carbocycles. The summed E-state index contributed by atoms with van der Waals surface area (Å²) in [4.78, 5) is 11.5. The normalized spacial score (nSPS) is 16.1. The van der Waals surface area contributed by atoms with E-state index in [1.165, 1.54) is 0 Å². The van der Waals surface area contributed by atoms with E-state index in [0.717, 1.165) is 16.9 Å². The quantitative estimate of drug-likeness (QED) is 0.905. The first-order valence-corrected chi connectivity index (χ1v) is 6.54. The second-order valence-electron chi connectivity index (χ2n) is 4.64. The number of carbonyl (C=O) groups is 1. The third-order valence-corrected chi connectivity index (χ3v) is 3.35. The molecule has 20 heavy (non-hydrogen) atoms. The van der Waals surface area contributed by atoms with Gasteiger partial charge in [-0.05, 0) is 29.8 Å². The van der Waals surface area contributed by atoms with Crippen LogP contribution < -0.4 is 10.1 Å². The van der Waals surface area contributed by atoms with Crippen LogP contribution in [0.15, 0.2) is 54.6 Å². The van der Waals surface area contributed by atoms with Gasteiger partial charge in [0.15, 0.2) is 0 Å². The van der Waals surface area contributed by atoms with Gasteiger partial charge in [0.2, 0.25) is 0 Å². The van der Waals surface area contributed by atoms with Crippen LogP contribution in [0.25, 0.3) is 6.08 Å². The lowest BCUT2D eigenvalue weighted by atomic mass is 10.0. The number of hydrogen-bond donors (Lipinski definition) is 1. The van der Waals surface area contributed by atoms with Gasteiger partial charge >= 0.3 is 0 Å². The van der Waals surface area contributed by atoms with Crippen LogP contribution in [0.3, 0.4) is 0 Å². The van der Waals surface area contributed by atoms with Crippen molar-refractivity contribution >= 4 is 12.0 Å². The van der Waals surface area contributed by atoms with E-state index in [1.807, 2.05) is 54.6 Å². The average Bonchev–Trinajstić information content (AvgIpc) is 2.54. The van der Waals surface area contributed by atoms with Gasteiger partial charge in [-0.25, -0.2) is 0 Å². The first-order chi connectivity index (χ1) is 9.78. The van der Waals surface area contributed by atoms with E-state index < -0.39 is 0 Å². The summed E-state index contributed by atoms with van der Waals surface area (Å²) in [7, 11) is 1.63. The molecule has 2 aromatic carbocycles. The molecule has 3 rings (SSSR count). The predicted molar refractivity (Wildman–Crippen MR) is 78.7 cm³/mol. The Balaban J connectivity index is 1.83. The molecule has 1 aliphatic rings. The van der Waals surface area contributed by atoms with Crippen molar-refractivity contribution in [3.8, 4) is 5.75 Å². The fraction of sp³-hybridized carbons (Fsp3) is 0.118. The number of rotatable bonds is 2. The van der Waals surface area contributed by atoms with Crippen molar-refractivity contribution in [3.05, 3.63) is 71.3 Å². The van der Waals surface area contributed by atoms with Crippen LogP contribution in [0.5, 0.6) is 5.75 Å². The molecule has 100 valence electrons. The second kappa shape index (κ2) is 5.21. The smallest absolute Gasteiger partial charge is 0.251 e. The van der Waals surface area contributed by atoms with Crippen LogP contribution >= 0.6 is 0 Å². The van der Waals surface area contributed by atoms with Crippen LogP contribution in [0.1, 0.15) is 27.6 Å². The van der Waals surface area contributed by atoms with Crippen LogP contribution in [-0.2, 0) is 0 Å². The summed E-state index contributed by atoms with van der Waals surface area (Å²) in [5, 5.41) is 2.61. The summed E-state index contributed by atoms with van der Waals surface area (Å²) < 4.78 is 5.96. The molecule has 0 radical (unpaired) electrons. The zero-order valence-corrected chi connectivity index (χ0v) is 11.2. The maximum atomic E-state index is 11.5. The monoisotopic (exact) mass is 265 g/mol. The number of hydrogen-bond acceptors (Lipinski definition) is 2. The summed E-state index contributed by atoms with van der Waals surface area (Å²) in [5.74, 6) is 0.803. The largest absolute Gasteiger partial charge is 0.481 e. The SMILES string of the molecule is CNC(=O)c1ccc(C2C=Cc3ccccc3O2)cc1. The lowest BCUT2D eigenvalue weighted by Gasteiger charge is -2.21. The Morgan fingerprint density at radius 1 is 1.10 bits per heavy atom. The predicted octanol–water partition coefficient (Wildman–Crippen LogP) is 3.19. The molecule has 0 fully saturated rings. The van der Waals surface area contributed by atoms with Crippen molar-refractivity contribution in [3.63, 3.8) is 0 Å². The molecule has 1 heterocycles. The number of benzene rings is 2. The molecule has 0 bridgehead atoms. The van der Waals surface area contributed by atoms with Crippen molar-refractivity contribution in [1.29, 1.82) is 0 Å². The highest BCUT2D eigenvalue weighted by molar-refractivity contribution is 5.93. The summed E-state index contributed by atoms with van der Waals surface area (Å²) >= 11 is 0. The molecule has 1 N–H and O–H groups in total. The lowest BCUT2D eigenvalue weighted by molar-refractivity contribution is 0.0963. The molecule has 3 heteroatoms. The molecule has 3 nitrogen and oxygen atoms in total. The Morgan fingerprint density at radius 3 is 2.60 bits per heavy atom. The fourth-order valence-electron chi connectivity index (χ4n) is 2.24. The standard InChI is InChI=1S/C17H15NO2/c1-18-17(19)14-8-6-13(7-9-14)16-11-10-12-4-2-3-5-15(12)20-16/h2-11,16H,1H3,(H,18,19). The van der Waals surface area contributed by atoms with E-state index >= 15 is 0 Å². The molecular weight excluding hydrogens is 250 g/mol. The van der Waals surface area contributed by atoms with Crippen LogP contribution in [0.4, 0.5) is 0 Å².